The number of rotatable bonds is 3. The first kappa shape index (κ1) is 12.9. The number of benzene rings is 2. The van der Waals surface area contributed by atoms with Crippen LogP contribution in [-0.2, 0) is 6.61 Å². The summed E-state index contributed by atoms with van der Waals surface area (Å²) in [4.78, 5) is 0. The Bertz CT molecular complexity index is 570. The van der Waals surface area contributed by atoms with Crippen molar-refractivity contribution >= 4 is 11.6 Å². The molecule has 2 aromatic rings. The minimum absolute atomic E-state index is 0.295. The van der Waals surface area contributed by atoms with Crippen LogP contribution in [0.25, 0.3) is 0 Å². The van der Waals surface area contributed by atoms with Gasteiger partial charge in [-0.25, -0.2) is 4.39 Å². The Morgan fingerprint density at radius 3 is 2.67 bits per heavy atom. The van der Waals surface area contributed by atoms with Crippen LogP contribution >= 0.6 is 11.6 Å². The molecule has 0 aliphatic heterocycles. The molecule has 0 aliphatic rings. The highest BCUT2D eigenvalue weighted by Gasteiger charge is 2.08. The fourth-order valence-electron chi connectivity index (χ4n) is 1.58. The van der Waals surface area contributed by atoms with E-state index in [0.29, 0.717) is 22.1 Å². The summed E-state index contributed by atoms with van der Waals surface area (Å²) in [5.41, 5.74) is 1.38. The highest BCUT2D eigenvalue weighted by molar-refractivity contribution is 6.32. The lowest BCUT2D eigenvalue weighted by Gasteiger charge is -2.11. The number of aryl methyl sites for hydroxylation is 1. The minimum atomic E-state index is -0.415. The highest BCUT2D eigenvalue weighted by Crippen LogP contribution is 2.32. The molecule has 0 aromatic heterocycles. The maximum Gasteiger partial charge on any atom is 0.146 e. The first-order valence-electron chi connectivity index (χ1n) is 5.43. The number of halogens is 2. The van der Waals surface area contributed by atoms with E-state index in [0.717, 1.165) is 5.56 Å². The molecule has 0 saturated heterocycles. The monoisotopic (exact) mass is 266 g/mol. The maximum absolute atomic E-state index is 13.0. The van der Waals surface area contributed by atoms with Crippen LogP contribution in [0.1, 0.15) is 11.1 Å². The largest absolute Gasteiger partial charge is 0.455 e. The van der Waals surface area contributed by atoms with Gasteiger partial charge in [0, 0.05) is 5.56 Å². The van der Waals surface area contributed by atoms with Crippen LogP contribution in [0.4, 0.5) is 4.39 Å². The zero-order chi connectivity index (χ0) is 13.1. The highest BCUT2D eigenvalue weighted by atomic mass is 35.5. The van der Waals surface area contributed by atoms with E-state index in [1.54, 1.807) is 12.1 Å². The van der Waals surface area contributed by atoms with Gasteiger partial charge in [0.25, 0.3) is 0 Å². The van der Waals surface area contributed by atoms with E-state index in [2.05, 4.69) is 0 Å². The molecule has 2 nitrogen and oxygen atoms in total. The van der Waals surface area contributed by atoms with Gasteiger partial charge in [-0.2, -0.15) is 0 Å². The van der Waals surface area contributed by atoms with Crippen molar-refractivity contribution in [2.45, 2.75) is 13.5 Å². The number of aliphatic hydroxyl groups is 1. The fourth-order valence-corrected chi connectivity index (χ4v) is 1.73. The fraction of sp³-hybridized carbons (Fsp3) is 0.143. The lowest BCUT2D eigenvalue weighted by Crippen LogP contribution is -1.93. The van der Waals surface area contributed by atoms with Gasteiger partial charge in [-0.05, 0) is 42.8 Å². The zero-order valence-corrected chi connectivity index (χ0v) is 10.5. The van der Waals surface area contributed by atoms with Gasteiger partial charge in [-0.15, -0.1) is 0 Å². The first-order chi connectivity index (χ1) is 8.60. The molecule has 18 heavy (non-hydrogen) atoms. The van der Waals surface area contributed by atoms with Gasteiger partial charge in [0.05, 0.1) is 11.6 Å². The Hall–Kier alpha value is -1.58. The van der Waals surface area contributed by atoms with Crippen LogP contribution in [0.15, 0.2) is 36.4 Å². The second-order valence-electron chi connectivity index (χ2n) is 3.95. The third-order valence-electron chi connectivity index (χ3n) is 2.50. The Labute approximate surface area is 110 Å². The number of aliphatic hydroxyl groups excluding tert-OH is 1. The SMILES string of the molecule is Cc1ccc(Cl)c(Oc2ccc(F)cc2CO)c1. The van der Waals surface area contributed by atoms with Crippen LogP contribution in [0.5, 0.6) is 11.5 Å². The van der Waals surface area contributed by atoms with E-state index in [4.69, 9.17) is 21.4 Å². The topological polar surface area (TPSA) is 29.5 Å². The van der Waals surface area contributed by atoms with Gasteiger partial charge in [0.2, 0.25) is 0 Å². The Morgan fingerprint density at radius 1 is 1.17 bits per heavy atom. The summed E-state index contributed by atoms with van der Waals surface area (Å²) in [6, 6.07) is 9.37. The van der Waals surface area contributed by atoms with E-state index in [9.17, 15) is 4.39 Å². The zero-order valence-electron chi connectivity index (χ0n) is 9.78. The average Bonchev–Trinajstić information content (AvgIpc) is 2.36. The van der Waals surface area contributed by atoms with Crippen molar-refractivity contribution < 1.29 is 14.2 Å². The normalized spacial score (nSPS) is 10.4. The smallest absolute Gasteiger partial charge is 0.146 e. The summed E-state index contributed by atoms with van der Waals surface area (Å²) in [7, 11) is 0. The van der Waals surface area contributed by atoms with Gasteiger partial charge >= 0.3 is 0 Å². The molecule has 0 atom stereocenters. The third kappa shape index (κ3) is 2.81. The van der Waals surface area contributed by atoms with Crippen molar-refractivity contribution in [2.75, 3.05) is 0 Å². The first-order valence-corrected chi connectivity index (χ1v) is 5.81. The van der Waals surface area contributed by atoms with Gasteiger partial charge in [0.15, 0.2) is 0 Å². The van der Waals surface area contributed by atoms with Gasteiger partial charge < -0.3 is 9.84 Å². The van der Waals surface area contributed by atoms with Crippen LogP contribution in [0.3, 0.4) is 0 Å². The van der Waals surface area contributed by atoms with Crippen molar-refractivity contribution in [3.05, 3.63) is 58.4 Å². The summed E-state index contributed by atoms with van der Waals surface area (Å²) in [6.07, 6.45) is 0. The maximum atomic E-state index is 13.0. The average molecular weight is 267 g/mol. The molecule has 0 aliphatic carbocycles. The standard InChI is InChI=1S/C14H12ClFO2/c1-9-2-4-12(15)14(6-9)18-13-5-3-11(16)7-10(13)8-17/h2-7,17H,8H2,1H3. The quantitative estimate of drug-likeness (QED) is 0.907. The summed E-state index contributed by atoms with van der Waals surface area (Å²) in [5.74, 6) is 0.464. The minimum Gasteiger partial charge on any atom is -0.455 e. The van der Waals surface area contributed by atoms with E-state index in [1.807, 2.05) is 13.0 Å². The van der Waals surface area contributed by atoms with Gasteiger partial charge in [-0.3, -0.25) is 0 Å². The van der Waals surface area contributed by atoms with Crippen molar-refractivity contribution in [3.8, 4) is 11.5 Å². The molecule has 94 valence electrons. The Balaban J connectivity index is 2.36. The lowest BCUT2D eigenvalue weighted by molar-refractivity contribution is 0.276. The van der Waals surface area contributed by atoms with E-state index >= 15 is 0 Å². The molecule has 1 N–H and O–H groups in total. The van der Waals surface area contributed by atoms with Crippen LogP contribution in [0, 0.1) is 12.7 Å². The molecular formula is C14H12ClFO2. The number of hydrogen-bond donors (Lipinski definition) is 1. The van der Waals surface area contributed by atoms with Crippen molar-refractivity contribution in [1.82, 2.24) is 0 Å². The molecule has 0 amide bonds. The van der Waals surface area contributed by atoms with Crippen molar-refractivity contribution in [1.29, 1.82) is 0 Å². The second kappa shape index (κ2) is 5.38. The lowest BCUT2D eigenvalue weighted by atomic mass is 10.2. The van der Waals surface area contributed by atoms with E-state index in [-0.39, 0.29) is 6.61 Å². The predicted molar refractivity (Wildman–Crippen MR) is 68.6 cm³/mol. The molecule has 0 fully saturated rings. The molecular weight excluding hydrogens is 255 g/mol. The molecule has 4 heteroatoms. The van der Waals surface area contributed by atoms with Crippen LogP contribution < -0.4 is 4.74 Å². The Kier molecular flexibility index (Phi) is 3.84. The van der Waals surface area contributed by atoms with Crippen molar-refractivity contribution in [2.24, 2.45) is 0 Å². The summed E-state index contributed by atoms with van der Waals surface area (Å²) in [6.45, 7) is 1.62. The van der Waals surface area contributed by atoms with Crippen LogP contribution in [0.2, 0.25) is 5.02 Å². The third-order valence-corrected chi connectivity index (χ3v) is 2.81. The number of hydrogen-bond acceptors (Lipinski definition) is 2. The summed E-state index contributed by atoms with van der Waals surface area (Å²) < 4.78 is 18.6. The van der Waals surface area contributed by atoms with Gasteiger partial charge in [-0.1, -0.05) is 17.7 Å². The number of ether oxygens (including phenoxy) is 1. The molecule has 0 saturated carbocycles. The van der Waals surface area contributed by atoms with Crippen LogP contribution in [-0.4, -0.2) is 5.11 Å². The van der Waals surface area contributed by atoms with Crippen molar-refractivity contribution in [3.63, 3.8) is 0 Å². The second-order valence-corrected chi connectivity index (χ2v) is 4.35. The predicted octanol–water partition coefficient (Wildman–Crippen LogP) is 4.07. The molecule has 0 radical (unpaired) electrons. The van der Waals surface area contributed by atoms with Gasteiger partial charge in [0.1, 0.15) is 17.3 Å². The molecule has 0 unspecified atom stereocenters. The molecule has 0 spiro atoms. The van der Waals surface area contributed by atoms with E-state index in [1.165, 1.54) is 18.2 Å². The summed E-state index contributed by atoms with van der Waals surface area (Å²) >= 11 is 6.01. The Morgan fingerprint density at radius 2 is 1.94 bits per heavy atom. The summed E-state index contributed by atoms with van der Waals surface area (Å²) in [5, 5.41) is 9.63. The van der Waals surface area contributed by atoms with E-state index < -0.39 is 5.82 Å². The molecule has 2 rings (SSSR count). The molecule has 0 heterocycles. The molecule has 0 bridgehead atoms. The molecule has 2 aromatic carbocycles.